The fourth-order valence-corrected chi connectivity index (χ4v) is 5.74. The van der Waals surface area contributed by atoms with Gasteiger partial charge in [-0.25, -0.2) is 8.42 Å². The van der Waals surface area contributed by atoms with Gasteiger partial charge >= 0.3 is 0 Å². The third-order valence-electron chi connectivity index (χ3n) is 5.97. The summed E-state index contributed by atoms with van der Waals surface area (Å²) in [6.07, 6.45) is 3.34. The Morgan fingerprint density at radius 3 is 2.19 bits per heavy atom. The van der Waals surface area contributed by atoms with Crippen LogP contribution in [0.25, 0.3) is 0 Å². The Morgan fingerprint density at radius 2 is 1.63 bits per heavy atom. The molecule has 0 spiro atoms. The van der Waals surface area contributed by atoms with Gasteiger partial charge in [-0.3, -0.25) is 4.79 Å². The Kier molecular flexibility index (Phi) is 6.23. The Hall–Kier alpha value is -1.44. The van der Waals surface area contributed by atoms with Gasteiger partial charge in [-0.1, -0.05) is 17.7 Å². The number of rotatable bonds is 4. The Labute approximate surface area is 163 Å². The normalized spacial score (nSPS) is 25.5. The second-order valence-corrected chi connectivity index (χ2v) is 10.0. The molecule has 2 fully saturated rings. The number of amides is 1. The van der Waals surface area contributed by atoms with Crippen LogP contribution in [-0.2, 0) is 14.8 Å². The number of aryl methyl sites for hydroxylation is 1. The number of likely N-dealkylation sites (tertiary alicyclic amines) is 1. The average molecular weight is 395 g/mol. The number of hydrogen-bond donors (Lipinski definition) is 1. The van der Waals surface area contributed by atoms with E-state index in [9.17, 15) is 13.2 Å². The van der Waals surface area contributed by atoms with E-state index in [2.05, 4.69) is 13.8 Å². The smallest absolute Gasteiger partial charge is 0.278 e. The van der Waals surface area contributed by atoms with Crippen LogP contribution in [-0.4, -0.2) is 68.3 Å². The molecule has 0 aromatic heterocycles. The molecule has 3 rings (SSSR count). The molecule has 7 heteroatoms. The van der Waals surface area contributed by atoms with Gasteiger partial charge in [-0.2, -0.15) is 4.31 Å². The Morgan fingerprint density at radius 1 is 1.07 bits per heavy atom. The molecule has 6 nitrogen and oxygen atoms in total. The van der Waals surface area contributed by atoms with Crippen LogP contribution in [0.1, 0.15) is 38.7 Å². The summed E-state index contributed by atoms with van der Waals surface area (Å²) in [4.78, 5) is 16.4. The molecule has 27 heavy (non-hydrogen) atoms. The first-order chi connectivity index (χ1) is 12.8. The number of nitrogens with one attached hydrogen (secondary N) is 1. The number of benzene rings is 1. The van der Waals surface area contributed by atoms with Crippen LogP contribution >= 0.6 is 0 Å². The van der Waals surface area contributed by atoms with E-state index >= 15 is 0 Å². The van der Waals surface area contributed by atoms with E-state index in [-0.39, 0.29) is 5.91 Å². The minimum Gasteiger partial charge on any atom is -0.332 e. The summed E-state index contributed by atoms with van der Waals surface area (Å²) in [6.45, 7) is 8.95. The molecule has 0 saturated carbocycles. The molecule has 1 aromatic rings. The maximum absolute atomic E-state index is 12.8. The Bertz CT molecular complexity index is 745. The van der Waals surface area contributed by atoms with E-state index in [1.165, 1.54) is 11.3 Å². The van der Waals surface area contributed by atoms with E-state index in [1.54, 1.807) is 16.4 Å². The van der Waals surface area contributed by atoms with E-state index in [4.69, 9.17) is 0 Å². The number of quaternary nitrogens is 1. The quantitative estimate of drug-likeness (QED) is 0.817. The molecule has 2 atom stereocenters. The van der Waals surface area contributed by atoms with Crippen molar-refractivity contribution in [1.82, 2.24) is 9.21 Å². The average Bonchev–Trinajstić information content (AvgIpc) is 2.62. The van der Waals surface area contributed by atoms with Crippen molar-refractivity contribution in [3.63, 3.8) is 0 Å². The highest BCUT2D eigenvalue weighted by atomic mass is 32.2. The SMILES string of the molecule is Cc1ccc(S(=O)(=O)N2CC[NH+](CC(=O)N3[C@@H](C)CCC[C@@H]3C)CC2)cc1. The maximum Gasteiger partial charge on any atom is 0.278 e. The molecule has 2 aliphatic rings. The number of hydrogen-bond acceptors (Lipinski definition) is 3. The van der Waals surface area contributed by atoms with Crippen LogP contribution in [0.3, 0.4) is 0 Å². The summed E-state index contributed by atoms with van der Waals surface area (Å²) < 4.78 is 27.2. The zero-order chi connectivity index (χ0) is 19.6. The predicted octanol–water partition coefficient (Wildman–Crippen LogP) is 0.674. The van der Waals surface area contributed by atoms with Gasteiger partial charge in [0.25, 0.3) is 5.91 Å². The minimum absolute atomic E-state index is 0.208. The van der Waals surface area contributed by atoms with Gasteiger partial charge < -0.3 is 9.80 Å². The summed E-state index contributed by atoms with van der Waals surface area (Å²) in [7, 11) is -3.44. The summed E-state index contributed by atoms with van der Waals surface area (Å²) in [5.74, 6) is 0.208. The molecule has 2 saturated heterocycles. The minimum atomic E-state index is -3.44. The third kappa shape index (κ3) is 4.52. The molecular formula is C20H32N3O3S+. The molecule has 0 radical (unpaired) electrons. The van der Waals surface area contributed by atoms with Gasteiger partial charge in [0.15, 0.2) is 6.54 Å². The molecule has 0 aliphatic carbocycles. The number of piperazine rings is 1. The molecule has 1 amide bonds. The lowest BCUT2D eigenvalue weighted by Gasteiger charge is -2.40. The number of nitrogens with zero attached hydrogens (tertiary/aromatic N) is 2. The highest BCUT2D eigenvalue weighted by Gasteiger charge is 2.34. The van der Waals surface area contributed by atoms with Crippen molar-refractivity contribution in [2.24, 2.45) is 0 Å². The summed E-state index contributed by atoms with van der Waals surface area (Å²) in [5, 5.41) is 0. The molecule has 2 aliphatic heterocycles. The van der Waals surface area contributed by atoms with Crippen molar-refractivity contribution in [1.29, 1.82) is 0 Å². The van der Waals surface area contributed by atoms with Crippen molar-refractivity contribution in [2.75, 3.05) is 32.7 Å². The molecule has 2 heterocycles. The van der Waals surface area contributed by atoms with E-state index in [0.717, 1.165) is 18.4 Å². The van der Waals surface area contributed by atoms with Crippen LogP contribution < -0.4 is 4.90 Å². The van der Waals surface area contributed by atoms with Crippen molar-refractivity contribution in [2.45, 2.75) is 57.0 Å². The van der Waals surface area contributed by atoms with Crippen molar-refractivity contribution < 1.29 is 18.1 Å². The largest absolute Gasteiger partial charge is 0.332 e. The molecule has 0 bridgehead atoms. The molecule has 150 valence electrons. The summed E-state index contributed by atoms with van der Waals surface area (Å²) in [5.41, 5.74) is 1.04. The van der Waals surface area contributed by atoms with Gasteiger partial charge in [0.2, 0.25) is 10.0 Å². The van der Waals surface area contributed by atoms with Crippen molar-refractivity contribution in [3.8, 4) is 0 Å². The summed E-state index contributed by atoms with van der Waals surface area (Å²) in [6, 6.07) is 7.62. The van der Waals surface area contributed by atoms with Crippen LogP contribution in [0.4, 0.5) is 0 Å². The van der Waals surface area contributed by atoms with Gasteiger partial charge in [0.1, 0.15) is 0 Å². The van der Waals surface area contributed by atoms with E-state index < -0.39 is 10.0 Å². The topological polar surface area (TPSA) is 62.1 Å². The maximum atomic E-state index is 12.8. The first-order valence-electron chi connectivity index (χ1n) is 10.0. The molecule has 1 aromatic carbocycles. The highest BCUT2D eigenvalue weighted by molar-refractivity contribution is 7.89. The van der Waals surface area contributed by atoms with Crippen LogP contribution in [0.15, 0.2) is 29.2 Å². The molecule has 1 N–H and O–H groups in total. The van der Waals surface area contributed by atoms with Gasteiger partial charge in [0, 0.05) is 12.1 Å². The number of carbonyl (C=O) groups is 1. The first kappa shape index (κ1) is 20.3. The van der Waals surface area contributed by atoms with Gasteiger partial charge in [0.05, 0.1) is 31.1 Å². The van der Waals surface area contributed by atoms with Crippen molar-refractivity contribution >= 4 is 15.9 Å². The van der Waals surface area contributed by atoms with E-state index in [0.29, 0.717) is 49.7 Å². The van der Waals surface area contributed by atoms with Gasteiger partial charge in [-0.15, -0.1) is 0 Å². The lowest BCUT2D eigenvalue weighted by Crippen LogP contribution is -3.15. The van der Waals surface area contributed by atoms with Crippen LogP contribution in [0.5, 0.6) is 0 Å². The monoisotopic (exact) mass is 394 g/mol. The molecule has 0 unspecified atom stereocenters. The lowest BCUT2D eigenvalue weighted by atomic mass is 9.97. The third-order valence-corrected chi connectivity index (χ3v) is 7.88. The fourth-order valence-electron chi connectivity index (χ4n) is 4.30. The van der Waals surface area contributed by atoms with Crippen molar-refractivity contribution in [3.05, 3.63) is 29.8 Å². The van der Waals surface area contributed by atoms with Crippen LogP contribution in [0.2, 0.25) is 0 Å². The summed E-state index contributed by atoms with van der Waals surface area (Å²) >= 11 is 0. The molecular weight excluding hydrogens is 362 g/mol. The lowest BCUT2D eigenvalue weighted by molar-refractivity contribution is -0.896. The predicted molar refractivity (Wildman–Crippen MR) is 105 cm³/mol. The zero-order valence-electron chi connectivity index (χ0n) is 16.6. The highest BCUT2D eigenvalue weighted by Crippen LogP contribution is 2.22. The zero-order valence-corrected chi connectivity index (χ0v) is 17.5. The number of carbonyl (C=O) groups excluding carboxylic acids is 1. The number of piperidine rings is 1. The van der Waals surface area contributed by atoms with E-state index in [1.807, 2.05) is 24.0 Å². The second kappa shape index (κ2) is 8.29. The fraction of sp³-hybridized carbons (Fsp3) is 0.650. The van der Waals surface area contributed by atoms with Crippen LogP contribution in [0, 0.1) is 6.92 Å². The van der Waals surface area contributed by atoms with Gasteiger partial charge in [-0.05, 0) is 52.2 Å². The number of sulfonamides is 1. The standard InChI is InChI=1S/C20H31N3O3S/c1-16-7-9-19(10-8-16)27(25,26)22-13-11-21(12-14-22)15-20(24)23-17(2)5-4-6-18(23)3/h7-10,17-18H,4-6,11-15H2,1-3H3/p+1/t17-,18-/m0/s1. The first-order valence-corrected chi connectivity index (χ1v) is 11.4. The second-order valence-electron chi connectivity index (χ2n) is 8.07. The Balaban J connectivity index is 1.57.